The summed E-state index contributed by atoms with van der Waals surface area (Å²) >= 11 is 1.40. The molecule has 1 unspecified atom stereocenters. The molecule has 6 nitrogen and oxygen atoms in total. The third kappa shape index (κ3) is 4.85. The van der Waals surface area contributed by atoms with Gasteiger partial charge in [-0.15, -0.1) is 0 Å². The van der Waals surface area contributed by atoms with E-state index in [0.717, 1.165) is 37.2 Å². The minimum absolute atomic E-state index is 0.0526. The van der Waals surface area contributed by atoms with Gasteiger partial charge in [0.1, 0.15) is 6.10 Å². The SMILES string of the molecule is COCCNCCN(C)c1nc(C(C)OC)ns1. The largest absolute Gasteiger partial charge is 0.383 e. The van der Waals surface area contributed by atoms with Crippen molar-refractivity contribution in [1.29, 1.82) is 0 Å². The zero-order valence-electron chi connectivity index (χ0n) is 11.5. The number of nitrogens with one attached hydrogen (secondary N) is 1. The fourth-order valence-electron chi connectivity index (χ4n) is 1.29. The Morgan fingerprint density at radius 2 is 2.17 bits per heavy atom. The molecule has 7 heteroatoms. The van der Waals surface area contributed by atoms with Gasteiger partial charge in [-0.05, 0) is 6.92 Å². The molecule has 1 heterocycles. The first-order valence-electron chi connectivity index (χ1n) is 5.96. The topological polar surface area (TPSA) is 59.5 Å². The molecule has 0 aliphatic rings. The van der Waals surface area contributed by atoms with Crippen molar-refractivity contribution in [3.05, 3.63) is 5.82 Å². The second-order valence-electron chi connectivity index (χ2n) is 3.98. The molecule has 104 valence electrons. The summed E-state index contributed by atoms with van der Waals surface area (Å²) in [5.41, 5.74) is 0. The Morgan fingerprint density at radius 3 is 2.83 bits per heavy atom. The third-order valence-corrected chi connectivity index (χ3v) is 3.43. The highest BCUT2D eigenvalue weighted by atomic mass is 32.1. The van der Waals surface area contributed by atoms with Gasteiger partial charge in [-0.3, -0.25) is 0 Å². The lowest BCUT2D eigenvalue weighted by atomic mass is 10.4. The number of ether oxygens (including phenoxy) is 2. The first-order chi connectivity index (χ1) is 8.69. The van der Waals surface area contributed by atoms with Crippen molar-refractivity contribution in [3.8, 4) is 0 Å². The molecular weight excluding hydrogens is 252 g/mol. The van der Waals surface area contributed by atoms with E-state index in [1.54, 1.807) is 14.2 Å². The molecule has 1 rings (SSSR count). The van der Waals surface area contributed by atoms with Gasteiger partial charge in [0.2, 0.25) is 5.13 Å². The van der Waals surface area contributed by atoms with E-state index in [1.807, 2.05) is 14.0 Å². The van der Waals surface area contributed by atoms with E-state index < -0.39 is 0 Å². The number of hydrogen-bond acceptors (Lipinski definition) is 7. The molecule has 0 amide bonds. The van der Waals surface area contributed by atoms with E-state index in [-0.39, 0.29) is 6.10 Å². The van der Waals surface area contributed by atoms with Gasteiger partial charge >= 0.3 is 0 Å². The van der Waals surface area contributed by atoms with Gasteiger partial charge in [0.15, 0.2) is 5.82 Å². The van der Waals surface area contributed by atoms with Crippen LogP contribution in [0.2, 0.25) is 0 Å². The van der Waals surface area contributed by atoms with Crippen molar-refractivity contribution >= 4 is 16.7 Å². The smallest absolute Gasteiger partial charge is 0.205 e. The predicted molar refractivity (Wildman–Crippen MR) is 73.3 cm³/mol. The molecule has 0 radical (unpaired) electrons. The van der Waals surface area contributed by atoms with Crippen LogP contribution in [0.5, 0.6) is 0 Å². The van der Waals surface area contributed by atoms with Gasteiger partial charge in [-0.25, -0.2) is 4.98 Å². The molecular formula is C11H22N4O2S. The Kier molecular flexibility index (Phi) is 7.11. The fraction of sp³-hybridized carbons (Fsp3) is 0.818. The van der Waals surface area contributed by atoms with Gasteiger partial charge in [0.25, 0.3) is 0 Å². The maximum Gasteiger partial charge on any atom is 0.205 e. The van der Waals surface area contributed by atoms with Crippen molar-refractivity contribution in [2.75, 3.05) is 52.4 Å². The van der Waals surface area contributed by atoms with Gasteiger partial charge in [-0.1, -0.05) is 0 Å². The van der Waals surface area contributed by atoms with Crippen LogP contribution < -0.4 is 10.2 Å². The minimum Gasteiger partial charge on any atom is -0.383 e. The number of nitrogens with zero attached hydrogens (tertiary/aromatic N) is 3. The monoisotopic (exact) mass is 274 g/mol. The Balaban J connectivity index is 2.32. The second kappa shape index (κ2) is 8.36. The summed E-state index contributed by atoms with van der Waals surface area (Å²) in [7, 11) is 5.38. The molecule has 0 aliphatic carbocycles. The van der Waals surface area contributed by atoms with Crippen LogP contribution in [0.25, 0.3) is 0 Å². The van der Waals surface area contributed by atoms with Crippen LogP contribution in [0.4, 0.5) is 5.13 Å². The number of likely N-dealkylation sites (N-methyl/N-ethyl adjacent to an activating group) is 1. The maximum absolute atomic E-state index is 5.19. The van der Waals surface area contributed by atoms with Gasteiger partial charge in [0, 0.05) is 52.4 Å². The predicted octanol–water partition coefficient (Wildman–Crippen LogP) is 0.918. The van der Waals surface area contributed by atoms with E-state index in [4.69, 9.17) is 9.47 Å². The summed E-state index contributed by atoms with van der Waals surface area (Å²) in [5.74, 6) is 0.747. The van der Waals surface area contributed by atoms with Crippen LogP contribution in [0, 0.1) is 0 Å². The van der Waals surface area contributed by atoms with Crippen LogP contribution in [0.1, 0.15) is 18.9 Å². The lowest BCUT2D eigenvalue weighted by molar-refractivity contribution is 0.113. The van der Waals surface area contributed by atoms with Crippen LogP contribution in [0.15, 0.2) is 0 Å². The Bertz CT molecular complexity index is 335. The summed E-state index contributed by atoms with van der Waals surface area (Å²) in [4.78, 5) is 6.54. The van der Waals surface area contributed by atoms with Crippen molar-refractivity contribution in [1.82, 2.24) is 14.7 Å². The molecule has 0 aromatic carbocycles. The number of methoxy groups -OCH3 is 2. The van der Waals surface area contributed by atoms with Gasteiger partial charge in [0.05, 0.1) is 6.61 Å². The fourth-order valence-corrected chi connectivity index (χ4v) is 2.02. The van der Waals surface area contributed by atoms with Crippen LogP contribution in [-0.4, -0.2) is 56.9 Å². The van der Waals surface area contributed by atoms with Crippen LogP contribution in [0.3, 0.4) is 0 Å². The van der Waals surface area contributed by atoms with E-state index in [0.29, 0.717) is 0 Å². The molecule has 1 atom stereocenters. The third-order valence-electron chi connectivity index (χ3n) is 2.58. The molecule has 0 spiro atoms. The van der Waals surface area contributed by atoms with E-state index in [9.17, 15) is 0 Å². The van der Waals surface area contributed by atoms with E-state index in [2.05, 4.69) is 19.6 Å². The average Bonchev–Trinajstić information content (AvgIpc) is 2.87. The highest BCUT2D eigenvalue weighted by Gasteiger charge is 2.13. The standard InChI is InChI=1S/C11H22N4O2S/c1-9(17-4)10-13-11(18-14-10)15(2)7-5-12-6-8-16-3/h9,12H,5-8H2,1-4H3. The molecule has 1 aromatic rings. The summed E-state index contributed by atoms with van der Waals surface area (Å²) in [6.07, 6.45) is -0.0526. The molecule has 18 heavy (non-hydrogen) atoms. The van der Waals surface area contributed by atoms with Crippen molar-refractivity contribution in [3.63, 3.8) is 0 Å². The lowest BCUT2D eigenvalue weighted by Crippen LogP contribution is -2.30. The Labute approximate surface area is 112 Å². The summed E-state index contributed by atoms with van der Waals surface area (Å²) in [6, 6.07) is 0. The summed E-state index contributed by atoms with van der Waals surface area (Å²) < 4.78 is 14.4. The van der Waals surface area contributed by atoms with Gasteiger partial charge in [-0.2, -0.15) is 4.37 Å². The zero-order valence-corrected chi connectivity index (χ0v) is 12.3. The highest BCUT2D eigenvalue weighted by Crippen LogP contribution is 2.20. The molecule has 0 bridgehead atoms. The van der Waals surface area contributed by atoms with Crippen molar-refractivity contribution in [2.45, 2.75) is 13.0 Å². The average molecular weight is 274 g/mol. The van der Waals surface area contributed by atoms with E-state index >= 15 is 0 Å². The number of hydrogen-bond donors (Lipinski definition) is 1. The lowest BCUT2D eigenvalue weighted by Gasteiger charge is -2.15. The number of rotatable bonds is 9. The summed E-state index contributed by atoms with van der Waals surface area (Å²) in [6.45, 7) is 5.33. The molecule has 0 aliphatic heterocycles. The highest BCUT2D eigenvalue weighted by molar-refractivity contribution is 7.09. The Morgan fingerprint density at radius 1 is 1.39 bits per heavy atom. The Hall–Kier alpha value is -0.760. The van der Waals surface area contributed by atoms with Crippen LogP contribution in [-0.2, 0) is 9.47 Å². The first-order valence-corrected chi connectivity index (χ1v) is 6.73. The van der Waals surface area contributed by atoms with Crippen molar-refractivity contribution < 1.29 is 9.47 Å². The summed E-state index contributed by atoms with van der Waals surface area (Å²) in [5, 5.41) is 4.21. The van der Waals surface area contributed by atoms with Gasteiger partial charge < -0.3 is 19.7 Å². The van der Waals surface area contributed by atoms with Crippen LogP contribution >= 0.6 is 11.5 Å². The second-order valence-corrected chi connectivity index (χ2v) is 4.71. The number of anilines is 1. The molecule has 1 aromatic heterocycles. The maximum atomic E-state index is 5.19. The quantitative estimate of drug-likeness (QED) is 0.676. The van der Waals surface area contributed by atoms with E-state index in [1.165, 1.54) is 11.5 Å². The normalized spacial score (nSPS) is 12.7. The van der Waals surface area contributed by atoms with Crippen molar-refractivity contribution in [2.24, 2.45) is 0 Å². The molecule has 0 saturated carbocycles. The zero-order chi connectivity index (χ0) is 13.4. The first kappa shape index (κ1) is 15.3. The number of aromatic nitrogens is 2. The molecule has 0 fully saturated rings. The molecule has 0 saturated heterocycles. The minimum atomic E-state index is -0.0526. The molecule has 1 N–H and O–H groups in total.